The second-order valence-corrected chi connectivity index (χ2v) is 5.74. The van der Waals surface area contributed by atoms with Gasteiger partial charge in [-0.3, -0.25) is 4.90 Å². The largest absolute Gasteiger partial charge is 0.492 e. The molecule has 2 aliphatic heterocycles. The van der Waals surface area contributed by atoms with Gasteiger partial charge in [0.25, 0.3) is 0 Å². The Morgan fingerprint density at radius 2 is 2.05 bits per heavy atom. The predicted molar refractivity (Wildman–Crippen MR) is 75.3 cm³/mol. The number of rotatable bonds is 4. The summed E-state index contributed by atoms with van der Waals surface area (Å²) in [6.45, 7) is 6.02. The first-order valence-corrected chi connectivity index (χ1v) is 7.04. The molecule has 0 saturated carbocycles. The number of hydrogen-bond donors (Lipinski definition) is 1. The van der Waals surface area contributed by atoms with Crippen LogP contribution >= 0.6 is 0 Å². The van der Waals surface area contributed by atoms with Crippen LogP contribution in [0, 0.1) is 5.41 Å². The summed E-state index contributed by atoms with van der Waals surface area (Å²) in [5.74, 6) is 0.862. The maximum absolute atomic E-state index is 5.72. The summed E-state index contributed by atoms with van der Waals surface area (Å²) in [6, 6.07) is 7.62. The van der Waals surface area contributed by atoms with Crippen molar-refractivity contribution in [2.45, 2.75) is 12.8 Å². The van der Waals surface area contributed by atoms with Crippen molar-refractivity contribution >= 4 is 5.69 Å². The first-order chi connectivity index (χ1) is 9.26. The fraction of sp³-hybridized carbons (Fsp3) is 0.600. The molecule has 2 fully saturated rings. The van der Waals surface area contributed by atoms with Gasteiger partial charge in [-0.25, -0.2) is 0 Å². The number of likely N-dealkylation sites (tertiary alicyclic amines) is 1. The minimum Gasteiger partial charge on any atom is -0.492 e. The van der Waals surface area contributed by atoms with E-state index in [1.807, 2.05) is 24.3 Å². The van der Waals surface area contributed by atoms with Gasteiger partial charge < -0.3 is 15.2 Å². The van der Waals surface area contributed by atoms with E-state index in [1.165, 1.54) is 25.9 Å². The van der Waals surface area contributed by atoms with Crippen LogP contribution in [0.2, 0.25) is 0 Å². The first kappa shape index (κ1) is 12.8. The summed E-state index contributed by atoms with van der Waals surface area (Å²) in [6.07, 6.45) is 2.44. The van der Waals surface area contributed by atoms with Crippen LogP contribution in [0.4, 0.5) is 5.69 Å². The molecule has 19 heavy (non-hydrogen) atoms. The number of benzene rings is 1. The van der Waals surface area contributed by atoms with Crippen molar-refractivity contribution in [3.8, 4) is 5.75 Å². The molecule has 0 radical (unpaired) electrons. The average Bonchev–Trinajstić information content (AvgIpc) is 2.38. The Labute approximate surface area is 114 Å². The molecule has 4 nitrogen and oxygen atoms in total. The van der Waals surface area contributed by atoms with Gasteiger partial charge in [-0.05, 0) is 25.0 Å². The smallest absolute Gasteiger partial charge is 0.121 e. The third kappa shape index (κ3) is 3.01. The van der Waals surface area contributed by atoms with Gasteiger partial charge in [0.2, 0.25) is 0 Å². The van der Waals surface area contributed by atoms with Crippen LogP contribution < -0.4 is 10.5 Å². The van der Waals surface area contributed by atoms with Crippen molar-refractivity contribution in [2.24, 2.45) is 5.41 Å². The molecule has 1 spiro atoms. The number of nitrogen functional groups attached to an aromatic ring is 1. The maximum atomic E-state index is 5.72. The molecule has 1 aromatic rings. The molecular formula is C15H22N2O2. The lowest BCUT2D eigenvalue weighted by molar-refractivity contribution is -0.0829. The van der Waals surface area contributed by atoms with Crippen LogP contribution in [-0.4, -0.2) is 44.4 Å². The van der Waals surface area contributed by atoms with Gasteiger partial charge in [-0.15, -0.1) is 0 Å². The van der Waals surface area contributed by atoms with Crippen molar-refractivity contribution in [1.29, 1.82) is 0 Å². The molecule has 104 valence electrons. The van der Waals surface area contributed by atoms with Crippen molar-refractivity contribution in [1.82, 2.24) is 4.90 Å². The highest BCUT2D eigenvalue weighted by Crippen LogP contribution is 2.39. The van der Waals surface area contributed by atoms with Crippen molar-refractivity contribution in [3.63, 3.8) is 0 Å². The molecule has 4 heteroatoms. The maximum Gasteiger partial charge on any atom is 0.121 e. The SMILES string of the molecule is Nc1cccc(OCCN2CC3(CCOCC3)C2)c1. The summed E-state index contributed by atoms with van der Waals surface area (Å²) in [7, 11) is 0. The second-order valence-electron chi connectivity index (χ2n) is 5.74. The van der Waals surface area contributed by atoms with E-state index < -0.39 is 0 Å². The fourth-order valence-corrected chi connectivity index (χ4v) is 3.08. The molecule has 0 aliphatic carbocycles. The van der Waals surface area contributed by atoms with E-state index in [4.69, 9.17) is 15.2 Å². The van der Waals surface area contributed by atoms with E-state index in [0.29, 0.717) is 5.41 Å². The van der Waals surface area contributed by atoms with Gasteiger partial charge in [-0.2, -0.15) is 0 Å². The van der Waals surface area contributed by atoms with E-state index >= 15 is 0 Å². The third-order valence-electron chi connectivity index (χ3n) is 4.21. The Morgan fingerprint density at radius 3 is 2.79 bits per heavy atom. The van der Waals surface area contributed by atoms with Crippen molar-refractivity contribution in [2.75, 3.05) is 45.2 Å². The summed E-state index contributed by atoms with van der Waals surface area (Å²) in [4.78, 5) is 2.47. The summed E-state index contributed by atoms with van der Waals surface area (Å²) in [5.41, 5.74) is 7.02. The van der Waals surface area contributed by atoms with Gasteiger partial charge in [0.15, 0.2) is 0 Å². The van der Waals surface area contributed by atoms with Crippen molar-refractivity contribution < 1.29 is 9.47 Å². The quantitative estimate of drug-likeness (QED) is 0.840. The monoisotopic (exact) mass is 262 g/mol. The van der Waals surface area contributed by atoms with Crippen LogP contribution in [-0.2, 0) is 4.74 Å². The zero-order valence-corrected chi connectivity index (χ0v) is 11.3. The molecule has 0 atom stereocenters. The Hall–Kier alpha value is -1.26. The van der Waals surface area contributed by atoms with Crippen LogP contribution in [0.3, 0.4) is 0 Å². The second kappa shape index (κ2) is 5.39. The normalized spacial score (nSPS) is 22.1. The lowest BCUT2D eigenvalue weighted by Gasteiger charge is -2.52. The number of nitrogens with two attached hydrogens (primary N) is 1. The first-order valence-electron chi connectivity index (χ1n) is 7.04. The molecule has 0 bridgehead atoms. The molecule has 2 aliphatic rings. The zero-order chi connectivity index (χ0) is 13.1. The summed E-state index contributed by atoms with van der Waals surface area (Å²) < 4.78 is 11.2. The molecule has 1 aromatic carbocycles. The summed E-state index contributed by atoms with van der Waals surface area (Å²) in [5, 5.41) is 0. The van der Waals surface area contributed by atoms with E-state index in [9.17, 15) is 0 Å². The zero-order valence-electron chi connectivity index (χ0n) is 11.3. The number of anilines is 1. The Morgan fingerprint density at radius 1 is 1.26 bits per heavy atom. The molecule has 2 heterocycles. The van der Waals surface area contributed by atoms with E-state index in [-0.39, 0.29) is 0 Å². The Kier molecular flexibility index (Phi) is 3.62. The molecule has 0 aromatic heterocycles. The van der Waals surface area contributed by atoms with Gasteiger partial charge in [0, 0.05) is 50.0 Å². The molecule has 0 unspecified atom stereocenters. The summed E-state index contributed by atoms with van der Waals surface area (Å²) >= 11 is 0. The molecule has 0 amide bonds. The van der Waals surface area contributed by atoms with Gasteiger partial charge >= 0.3 is 0 Å². The van der Waals surface area contributed by atoms with Crippen LogP contribution in [0.5, 0.6) is 5.75 Å². The van der Waals surface area contributed by atoms with Gasteiger partial charge in [-0.1, -0.05) is 6.07 Å². The molecular weight excluding hydrogens is 240 g/mol. The number of hydrogen-bond acceptors (Lipinski definition) is 4. The highest BCUT2D eigenvalue weighted by molar-refractivity contribution is 5.43. The average molecular weight is 262 g/mol. The highest BCUT2D eigenvalue weighted by atomic mass is 16.5. The number of nitrogens with zero attached hydrogens (tertiary/aromatic N) is 1. The minimum absolute atomic E-state index is 0.551. The van der Waals surface area contributed by atoms with E-state index in [1.54, 1.807) is 0 Å². The fourth-order valence-electron chi connectivity index (χ4n) is 3.08. The minimum atomic E-state index is 0.551. The lowest BCUT2D eigenvalue weighted by atomic mass is 9.73. The van der Waals surface area contributed by atoms with Crippen LogP contribution in [0.1, 0.15) is 12.8 Å². The van der Waals surface area contributed by atoms with Gasteiger partial charge in [0.05, 0.1) is 0 Å². The highest BCUT2D eigenvalue weighted by Gasteiger charge is 2.43. The number of ether oxygens (including phenoxy) is 2. The predicted octanol–water partition coefficient (Wildman–Crippen LogP) is 1.76. The van der Waals surface area contributed by atoms with E-state index in [0.717, 1.165) is 37.8 Å². The van der Waals surface area contributed by atoms with Crippen LogP contribution in [0.15, 0.2) is 24.3 Å². The third-order valence-corrected chi connectivity index (χ3v) is 4.21. The Balaban J connectivity index is 1.38. The molecule has 2 N–H and O–H groups in total. The lowest BCUT2D eigenvalue weighted by Crippen LogP contribution is -2.59. The van der Waals surface area contributed by atoms with Gasteiger partial charge in [0.1, 0.15) is 12.4 Å². The topological polar surface area (TPSA) is 47.7 Å². The Bertz CT molecular complexity index is 422. The standard InChI is InChI=1S/C15H22N2O2/c16-13-2-1-3-14(10-13)19-9-6-17-11-15(12-17)4-7-18-8-5-15/h1-3,10H,4-9,11-12,16H2. The molecule has 2 saturated heterocycles. The van der Waals surface area contributed by atoms with Crippen LogP contribution in [0.25, 0.3) is 0 Å². The van der Waals surface area contributed by atoms with Crippen molar-refractivity contribution in [3.05, 3.63) is 24.3 Å². The van der Waals surface area contributed by atoms with E-state index in [2.05, 4.69) is 4.90 Å². The molecule has 3 rings (SSSR count).